The van der Waals surface area contributed by atoms with Gasteiger partial charge in [0.25, 0.3) is 0 Å². The van der Waals surface area contributed by atoms with Gasteiger partial charge in [0.05, 0.1) is 5.25 Å². The van der Waals surface area contributed by atoms with E-state index < -0.39 is 0 Å². The van der Waals surface area contributed by atoms with Gasteiger partial charge in [-0.3, -0.25) is 9.36 Å². The summed E-state index contributed by atoms with van der Waals surface area (Å²) in [6.45, 7) is 2.80. The number of rotatable bonds is 4. The molecule has 3 aromatic rings. The fourth-order valence-electron chi connectivity index (χ4n) is 3.28. The number of halogens is 1. The second-order valence-corrected chi connectivity index (χ2v) is 8.49. The van der Waals surface area contributed by atoms with E-state index in [1.165, 1.54) is 11.8 Å². The van der Waals surface area contributed by atoms with Gasteiger partial charge in [0, 0.05) is 22.8 Å². The van der Waals surface area contributed by atoms with Crippen molar-refractivity contribution in [3.63, 3.8) is 0 Å². The molecule has 0 unspecified atom stereocenters. The minimum Gasteiger partial charge on any atom is -0.355 e. The van der Waals surface area contributed by atoms with Crippen molar-refractivity contribution >= 4 is 29.3 Å². The lowest BCUT2D eigenvalue weighted by molar-refractivity contribution is -0.120. The zero-order chi connectivity index (χ0) is 19.5. The van der Waals surface area contributed by atoms with E-state index in [1.54, 1.807) is 0 Å². The monoisotopic (exact) mass is 412 g/mol. The van der Waals surface area contributed by atoms with Crippen LogP contribution in [0.5, 0.6) is 0 Å². The maximum absolute atomic E-state index is 12.4. The number of carbonyl (C=O) groups excluding carboxylic acids is 1. The summed E-state index contributed by atoms with van der Waals surface area (Å²) in [5.41, 5.74) is 3.05. The van der Waals surface area contributed by atoms with Crippen molar-refractivity contribution in [2.45, 2.75) is 36.6 Å². The van der Waals surface area contributed by atoms with E-state index in [9.17, 15) is 4.79 Å². The fourth-order valence-corrected chi connectivity index (χ4v) is 4.52. The van der Waals surface area contributed by atoms with Gasteiger partial charge in [-0.2, -0.15) is 0 Å². The van der Waals surface area contributed by atoms with Crippen LogP contribution in [0.1, 0.15) is 24.8 Å². The first-order chi connectivity index (χ1) is 13.6. The van der Waals surface area contributed by atoms with Gasteiger partial charge in [-0.15, -0.1) is 10.2 Å². The van der Waals surface area contributed by atoms with Gasteiger partial charge in [-0.05, 0) is 61.7 Å². The second kappa shape index (κ2) is 8.37. The van der Waals surface area contributed by atoms with Crippen LogP contribution in [0.25, 0.3) is 17.1 Å². The van der Waals surface area contributed by atoms with E-state index >= 15 is 0 Å². The Morgan fingerprint density at radius 2 is 1.96 bits per heavy atom. The maximum Gasteiger partial charge on any atom is 0.233 e. The van der Waals surface area contributed by atoms with Crippen LogP contribution in [0.4, 0.5) is 0 Å². The molecule has 0 saturated carbocycles. The smallest absolute Gasteiger partial charge is 0.233 e. The van der Waals surface area contributed by atoms with E-state index in [0.29, 0.717) is 5.02 Å². The molecule has 1 aromatic heterocycles. The molecule has 1 atom stereocenters. The van der Waals surface area contributed by atoms with Crippen molar-refractivity contribution in [1.82, 2.24) is 20.1 Å². The largest absolute Gasteiger partial charge is 0.355 e. The van der Waals surface area contributed by atoms with Crippen LogP contribution >= 0.6 is 23.4 Å². The van der Waals surface area contributed by atoms with E-state index in [4.69, 9.17) is 11.6 Å². The van der Waals surface area contributed by atoms with Crippen molar-refractivity contribution in [3.8, 4) is 17.1 Å². The number of benzene rings is 2. The van der Waals surface area contributed by atoms with Gasteiger partial charge in [0.15, 0.2) is 11.0 Å². The predicted molar refractivity (Wildman–Crippen MR) is 113 cm³/mol. The highest BCUT2D eigenvalue weighted by atomic mass is 35.5. The highest BCUT2D eigenvalue weighted by Gasteiger charge is 2.26. The number of aromatic nitrogens is 3. The molecular weight excluding hydrogens is 392 g/mol. The van der Waals surface area contributed by atoms with Gasteiger partial charge in [-0.1, -0.05) is 41.9 Å². The number of thioether (sulfide) groups is 1. The number of nitrogens with one attached hydrogen (secondary N) is 1. The summed E-state index contributed by atoms with van der Waals surface area (Å²) < 4.78 is 2.03. The Balaban J connectivity index is 1.78. The number of aryl methyl sites for hydroxylation is 1. The normalized spacial score (nSPS) is 17.2. The Morgan fingerprint density at radius 3 is 2.75 bits per heavy atom. The molecule has 5 nitrogen and oxygen atoms in total. The number of amides is 1. The molecule has 1 N–H and O–H groups in total. The van der Waals surface area contributed by atoms with Crippen LogP contribution in [-0.2, 0) is 4.79 Å². The molecule has 2 aromatic carbocycles. The standard InChI is InChI=1S/C21H21ClN4OS/c1-14-5-4-6-17(13-14)26-19(15-8-10-16(22)11-9-15)24-25-21(26)28-18-7-2-3-12-23-20(18)27/h4-6,8-11,13,18H,2-3,7,12H2,1H3,(H,23,27)/t18-/m0/s1. The fraction of sp³-hybridized carbons (Fsp3) is 0.286. The molecule has 4 rings (SSSR count). The molecule has 0 spiro atoms. The zero-order valence-corrected chi connectivity index (χ0v) is 17.1. The van der Waals surface area contributed by atoms with Gasteiger partial charge >= 0.3 is 0 Å². The van der Waals surface area contributed by atoms with Crippen LogP contribution in [0.2, 0.25) is 5.02 Å². The SMILES string of the molecule is Cc1cccc(-n2c(S[C@H]3CCCCNC3=O)nnc2-c2ccc(Cl)cc2)c1. The van der Waals surface area contributed by atoms with Crippen molar-refractivity contribution < 1.29 is 4.79 Å². The lowest BCUT2D eigenvalue weighted by atomic mass is 10.2. The first kappa shape index (κ1) is 19.0. The topological polar surface area (TPSA) is 59.8 Å². The van der Waals surface area contributed by atoms with Crippen LogP contribution in [0.3, 0.4) is 0 Å². The first-order valence-corrected chi connectivity index (χ1v) is 10.6. The van der Waals surface area contributed by atoms with Gasteiger partial charge in [0.1, 0.15) is 0 Å². The summed E-state index contributed by atoms with van der Waals surface area (Å²) >= 11 is 7.53. The summed E-state index contributed by atoms with van der Waals surface area (Å²) in [5, 5.41) is 13.1. The van der Waals surface area contributed by atoms with Crippen molar-refractivity contribution in [3.05, 3.63) is 59.1 Å². The molecule has 28 heavy (non-hydrogen) atoms. The van der Waals surface area contributed by atoms with Crippen LogP contribution in [0, 0.1) is 6.92 Å². The molecule has 1 fully saturated rings. The highest BCUT2D eigenvalue weighted by Crippen LogP contribution is 2.33. The van der Waals surface area contributed by atoms with Gasteiger partial charge < -0.3 is 5.32 Å². The van der Waals surface area contributed by atoms with E-state index in [2.05, 4.69) is 34.6 Å². The minimum atomic E-state index is -0.159. The number of carbonyl (C=O) groups is 1. The highest BCUT2D eigenvalue weighted by molar-refractivity contribution is 8.00. The molecule has 2 heterocycles. The number of nitrogens with zero attached hydrogens (tertiary/aromatic N) is 3. The molecule has 1 saturated heterocycles. The molecule has 1 aliphatic rings. The van der Waals surface area contributed by atoms with Crippen molar-refractivity contribution in [1.29, 1.82) is 0 Å². The summed E-state index contributed by atoms with van der Waals surface area (Å²) in [6, 6.07) is 15.8. The van der Waals surface area contributed by atoms with E-state index in [-0.39, 0.29) is 11.2 Å². The second-order valence-electron chi connectivity index (χ2n) is 6.88. The summed E-state index contributed by atoms with van der Waals surface area (Å²) in [6.07, 6.45) is 2.88. The summed E-state index contributed by atoms with van der Waals surface area (Å²) in [5.74, 6) is 0.813. The molecule has 1 aliphatic heterocycles. The number of hydrogen-bond acceptors (Lipinski definition) is 4. The Morgan fingerprint density at radius 1 is 1.14 bits per heavy atom. The first-order valence-electron chi connectivity index (χ1n) is 9.34. The molecule has 1 amide bonds. The molecule has 7 heteroatoms. The van der Waals surface area contributed by atoms with Crippen LogP contribution < -0.4 is 5.32 Å². The summed E-state index contributed by atoms with van der Waals surface area (Å²) in [4.78, 5) is 12.4. The third-order valence-corrected chi connectivity index (χ3v) is 6.19. The Kier molecular flexibility index (Phi) is 5.69. The number of hydrogen-bond donors (Lipinski definition) is 1. The van der Waals surface area contributed by atoms with Crippen molar-refractivity contribution in [2.24, 2.45) is 0 Å². The van der Waals surface area contributed by atoms with Crippen molar-refractivity contribution in [2.75, 3.05) is 6.54 Å². The van der Waals surface area contributed by atoms with E-state index in [1.807, 2.05) is 41.0 Å². The van der Waals surface area contributed by atoms with Gasteiger partial charge in [-0.25, -0.2) is 0 Å². The lowest BCUT2D eigenvalue weighted by Gasteiger charge is -2.15. The molecule has 0 aliphatic carbocycles. The summed E-state index contributed by atoms with van der Waals surface area (Å²) in [7, 11) is 0. The molecule has 0 radical (unpaired) electrons. The maximum atomic E-state index is 12.4. The molecule has 0 bridgehead atoms. The Labute approximate surface area is 173 Å². The third-order valence-electron chi connectivity index (χ3n) is 4.73. The zero-order valence-electron chi connectivity index (χ0n) is 15.6. The minimum absolute atomic E-state index is 0.0781. The average Bonchev–Trinajstić information content (AvgIpc) is 2.99. The molecular formula is C21H21ClN4OS. The van der Waals surface area contributed by atoms with E-state index in [0.717, 1.165) is 53.6 Å². The Bertz CT molecular complexity index is 986. The van der Waals surface area contributed by atoms with Gasteiger partial charge in [0.2, 0.25) is 5.91 Å². The average molecular weight is 413 g/mol. The van der Waals surface area contributed by atoms with Crippen LogP contribution in [0.15, 0.2) is 53.7 Å². The Hall–Kier alpha value is -2.31. The van der Waals surface area contributed by atoms with Crippen LogP contribution in [-0.4, -0.2) is 32.5 Å². The predicted octanol–water partition coefficient (Wildman–Crippen LogP) is 4.66. The third kappa shape index (κ3) is 4.08. The lowest BCUT2D eigenvalue weighted by Crippen LogP contribution is -2.30. The quantitative estimate of drug-likeness (QED) is 0.677. The molecule has 144 valence electrons.